The van der Waals surface area contributed by atoms with Gasteiger partial charge in [-0.15, -0.1) is 0 Å². The normalized spacial score (nSPS) is 11.9. The highest BCUT2D eigenvalue weighted by Gasteiger charge is 2.10. The van der Waals surface area contributed by atoms with Crippen molar-refractivity contribution in [3.8, 4) is 11.1 Å². The quantitative estimate of drug-likeness (QED) is 0.555. The molecule has 0 spiro atoms. The van der Waals surface area contributed by atoms with Crippen LogP contribution in [0.1, 0.15) is 18.9 Å². The van der Waals surface area contributed by atoms with Crippen LogP contribution in [-0.4, -0.2) is 12.2 Å². The van der Waals surface area contributed by atoms with Crippen molar-refractivity contribution in [3.05, 3.63) is 96.6 Å². The van der Waals surface area contributed by atoms with Crippen LogP contribution in [0.15, 0.2) is 91.0 Å². The second kappa shape index (κ2) is 9.39. The molecule has 1 N–H and O–H groups in total. The number of hydrogen-bond acceptors (Lipinski definition) is 2. The van der Waals surface area contributed by atoms with Crippen LogP contribution in [0.4, 0.5) is 10.5 Å². The number of hydrogen-bond donors (Lipinski definition) is 1. The minimum absolute atomic E-state index is 0.270. The van der Waals surface area contributed by atoms with Gasteiger partial charge in [-0.3, -0.25) is 5.32 Å². The van der Waals surface area contributed by atoms with Crippen molar-refractivity contribution in [2.45, 2.75) is 19.4 Å². The van der Waals surface area contributed by atoms with E-state index >= 15 is 0 Å². The Morgan fingerprint density at radius 3 is 2.11 bits per heavy atom. The van der Waals surface area contributed by atoms with Gasteiger partial charge in [0, 0.05) is 5.69 Å². The van der Waals surface area contributed by atoms with Gasteiger partial charge >= 0.3 is 6.09 Å². The maximum absolute atomic E-state index is 12.2. The summed E-state index contributed by atoms with van der Waals surface area (Å²) in [4.78, 5) is 12.2. The highest BCUT2D eigenvalue weighted by molar-refractivity contribution is 5.85. The Hall–Kier alpha value is -3.33. The Bertz CT molecular complexity index is 871. The van der Waals surface area contributed by atoms with E-state index in [9.17, 15) is 4.79 Å². The topological polar surface area (TPSA) is 38.3 Å². The second-order valence-corrected chi connectivity index (χ2v) is 6.19. The first-order chi connectivity index (χ1) is 13.2. The summed E-state index contributed by atoms with van der Waals surface area (Å²) in [6.07, 6.45) is 3.87. The largest absolute Gasteiger partial charge is 0.442 e. The molecule has 1 atom stereocenters. The average molecular weight is 357 g/mol. The molecule has 0 fully saturated rings. The van der Waals surface area contributed by atoms with Crippen molar-refractivity contribution in [2.75, 3.05) is 5.32 Å². The smallest absolute Gasteiger partial charge is 0.412 e. The van der Waals surface area contributed by atoms with Crippen LogP contribution in [0, 0.1) is 0 Å². The molecule has 0 bridgehead atoms. The lowest BCUT2D eigenvalue weighted by molar-refractivity contribution is 0.132. The molecular weight excluding hydrogens is 334 g/mol. The molecule has 3 aromatic carbocycles. The third-order valence-electron chi connectivity index (χ3n) is 4.20. The number of carbonyl (C=O) groups excluding carboxylic acids is 1. The summed E-state index contributed by atoms with van der Waals surface area (Å²) in [7, 11) is 0. The highest BCUT2D eigenvalue weighted by Crippen LogP contribution is 2.21. The van der Waals surface area contributed by atoms with E-state index in [1.54, 1.807) is 0 Å². The zero-order chi connectivity index (χ0) is 18.9. The van der Waals surface area contributed by atoms with Crippen LogP contribution in [0.2, 0.25) is 0 Å². The molecule has 0 aliphatic heterocycles. The summed E-state index contributed by atoms with van der Waals surface area (Å²) in [5.41, 5.74) is 4.04. The molecule has 1 amide bonds. The van der Waals surface area contributed by atoms with Gasteiger partial charge in [0.25, 0.3) is 0 Å². The molecule has 0 unspecified atom stereocenters. The van der Waals surface area contributed by atoms with Crippen molar-refractivity contribution in [1.29, 1.82) is 0 Å². The lowest BCUT2D eigenvalue weighted by Gasteiger charge is -2.13. The molecule has 3 aromatic rings. The number of benzene rings is 3. The molecule has 27 heavy (non-hydrogen) atoms. The molecule has 0 aromatic heterocycles. The van der Waals surface area contributed by atoms with Gasteiger partial charge in [0.1, 0.15) is 6.10 Å². The monoisotopic (exact) mass is 357 g/mol. The van der Waals surface area contributed by atoms with Crippen LogP contribution in [0.5, 0.6) is 0 Å². The first kappa shape index (κ1) is 18.5. The predicted molar refractivity (Wildman–Crippen MR) is 112 cm³/mol. The Morgan fingerprint density at radius 1 is 0.889 bits per heavy atom. The number of amides is 1. The van der Waals surface area contributed by atoms with Gasteiger partial charge in [0.05, 0.1) is 0 Å². The number of ether oxygens (including phenoxy) is 1. The summed E-state index contributed by atoms with van der Waals surface area (Å²) >= 11 is 0. The van der Waals surface area contributed by atoms with Gasteiger partial charge < -0.3 is 4.74 Å². The molecule has 0 saturated carbocycles. The average Bonchev–Trinajstić information content (AvgIpc) is 2.73. The zero-order valence-corrected chi connectivity index (χ0v) is 15.3. The molecule has 3 rings (SSSR count). The number of anilines is 1. The third kappa shape index (κ3) is 5.58. The van der Waals surface area contributed by atoms with E-state index in [4.69, 9.17) is 4.74 Å². The van der Waals surface area contributed by atoms with Crippen LogP contribution in [0.25, 0.3) is 17.2 Å². The van der Waals surface area contributed by atoms with E-state index in [2.05, 4.69) is 17.4 Å². The van der Waals surface area contributed by atoms with Gasteiger partial charge in [0.2, 0.25) is 0 Å². The minimum atomic E-state index is -0.452. The summed E-state index contributed by atoms with van der Waals surface area (Å²) in [5.74, 6) is 0. The Labute approximate surface area is 160 Å². The first-order valence-electron chi connectivity index (χ1n) is 9.11. The van der Waals surface area contributed by atoms with Gasteiger partial charge in [-0.2, -0.15) is 0 Å². The zero-order valence-electron chi connectivity index (χ0n) is 15.3. The summed E-state index contributed by atoms with van der Waals surface area (Å²) < 4.78 is 5.50. The SMILES string of the molecule is CC[C@@H](/C=C/c1ccccc1)OC(=O)Nc1ccc(-c2ccccc2)cc1. The molecule has 136 valence electrons. The molecule has 0 radical (unpaired) electrons. The number of rotatable bonds is 6. The lowest BCUT2D eigenvalue weighted by atomic mass is 10.1. The molecule has 0 aliphatic carbocycles. The number of nitrogens with one attached hydrogen (secondary N) is 1. The van der Waals surface area contributed by atoms with Crippen LogP contribution >= 0.6 is 0 Å². The summed E-state index contributed by atoms with van der Waals surface area (Å²) in [5, 5.41) is 2.79. The fraction of sp³-hybridized carbons (Fsp3) is 0.125. The molecule has 3 nitrogen and oxygen atoms in total. The summed E-state index contributed by atoms with van der Waals surface area (Å²) in [6, 6.07) is 27.8. The second-order valence-electron chi connectivity index (χ2n) is 6.19. The van der Waals surface area contributed by atoms with Crippen LogP contribution < -0.4 is 5.32 Å². The van der Waals surface area contributed by atoms with E-state index in [1.165, 1.54) is 0 Å². The molecule has 0 saturated heterocycles. The Kier molecular flexibility index (Phi) is 6.42. The fourth-order valence-corrected chi connectivity index (χ4v) is 2.70. The van der Waals surface area contributed by atoms with Crippen LogP contribution in [0.3, 0.4) is 0 Å². The van der Waals surface area contributed by atoms with E-state index in [0.29, 0.717) is 12.1 Å². The van der Waals surface area contributed by atoms with E-state index in [-0.39, 0.29) is 6.10 Å². The molecule has 0 heterocycles. The maximum Gasteiger partial charge on any atom is 0.412 e. The molecule has 3 heteroatoms. The first-order valence-corrected chi connectivity index (χ1v) is 9.11. The van der Waals surface area contributed by atoms with Crippen molar-refractivity contribution in [2.24, 2.45) is 0 Å². The van der Waals surface area contributed by atoms with Crippen molar-refractivity contribution in [1.82, 2.24) is 0 Å². The summed E-state index contributed by atoms with van der Waals surface area (Å²) in [6.45, 7) is 1.99. The maximum atomic E-state index is 12.2. The standard InChI is InChI=1S/C24H23NO2/c1-2-23(18-13-19-9-5-3-6-10-19)27-24(26)25-22-16-14-21(15-17-22)20-11-7-4-8-12-20/h3-18,23H,2H2,1H3,(H,25,26)/b18-13+/t23-/m0/s1. The van der Waals surface area contributed by atoms with Crippen molar-refractivity contribution < 1.29 is 9.53 Å². The van der Waals surface area contributed by atoms with E-state index in [1.807, 2.05) is 91.9 Å². The van der Waals surface area contributed by atoms with E-state index < -0.39 is 6.09 Å². The van der Waals surface area contributed by atoms with Gasteiger partial charge in [-0.05, 0) is 41.3 Å². The number of carbonyl (C=O) groups is 1. The van der Waals surface area contributed by atoms with Gasteiger partial charge in [0.15, 0.2) is 0 Å². The van der Waals surface area contributed by atoms with Gasteiger partial charge in [-0.1, -0.05) is 85.8 Å². The van der Waals surface area contributed by atoms with Gasteiger partial charge in [-0.25, -0.2) is 4.79 Å². The third-order valence-corrected chi connectivity index (χ3v) is 4.20. The molecule has 0 aliphatic rings. The highest BCUT2D eigenvalue weighted by atomic mass is 16.6. The molecular formula is C24H23NO2. The lowest BCUT2D eigenvalue weighted by Crippen LogP contribution is -2.20. The Morgan fingerprint density at radius 2 is 1.48 bits per heavy atom. The van der Waals surface area contributed by atoms with Crippen molar-refractivity contribution >= 4 is 17.9 Å². The van der Waals surface area contributed by atoms with Crippen LogP contribution in [-0.2, 0) is 4.74 Å². The van der Waals surface area contributed by atoms with Crippen molar-refractivity contribution in [3.63, 3.8) is 0 Å². The fourth-order valence-electron chi connectivity index (χ4n) is 2.70. The Balaban J connectivity index is 1.57. The predicted octanol–water partition coefficient (Wildman–Crippen LogP) is 6.39. The van der Waals surface area contributed by atoms with E-state index in [0.717, 1.165) is 16.7 Å². The minimum Gasteiger partial charge on any atom is -0.442 e.